The average Bonchev–Trinajstić information content (AvgIpc) is 2.83. The molecule has 4 heterocycles. The Morgan fingerprint density at radius 1 is 1.19 bits per heavy atom. The number of alkyl halides is 3. The first kappa shape index (κ1) is 25.1. The fourth-order valence-electron chi connectivity index (χ4n) is 3.79. The van der Waals surface area contributed by atoms with Crippen molar-refractivity contribution < 1.29 is 22.7 Å². The van der Waals surface area contributed by atoms with Gasteiger partial charge < -0.3 is 20.3 Å². The summed E-state index contributed by atoms with van der Waals surface area (Å²) in [6, 6.07) is 3.28. The van der Waals surface area contributed by atoms with Gasteiger partial charge in [0.15, 0.2) is 11.6 Å². The normalized spacial score (nSPS) is 19.3. The molecule has 1 fully saturated rings. The first-order chi connectivity index (χ1) is 17.0. The number of amidine groups is 1. The highest BCUT2D eigenvalue weighted by Gasteiger charge is 2.47. The average molecular weight is 503 g/mol. The van der Waals surface area contributed by atoms with Crippen molar-refractivity contribution >= 4 is 18.1 Å². The van der Waals surface area contributed by atoms with E-state index in [9.17, 15) is 18.0 Å². The van der Waals surface area contributed by atoms with Gasteiger partial charge in [0.05, 0.1) is 18.9 Å². The first-order valence-corrected chi connectivity index (χ1v) is 11.1. The predicted molar refractivity (Wildman–Crippen MR) is 125 cm³/mol. The number of aromatic nitrogens is 3. The van der Waals surface area contributed by atoms with Gasteiger partial charge in [-0.25, -0.2) is 19.9 Å². The standard InChI is InChI=1S/C23H25F3N8O2/c1-22(2)21(35)34-8-4-5-16(27)18(34)19(33(22)3)32-13-28-9-14-6-7-17(29-10-14)36-15-11-30-20(31-12-15)23(24,25)26/h6-7,10-13H,4-5,8-9,27H2,1-3H3. The summed E-state index contributed by atoms with van der Waals surface area (Å²) in [4.78, 5) is 35.9. The molecule has 0 unspecified atom stereocenters. The van der Waals surface area contributed by atoms with Crippen molar-refractivity contribution in [2.24, 2.45) is 15.7 Å². The van der Waals surface area contributed by atoms with Crippen LogP contribution in [0.5, 0.6) is 11.6 Å². The van der Waals surface area contributed by atoms with Gasteiger partial charge in [-0.3, -0.25) is 9.79 Å². The second kappa shape index (κ2) is 9.55. The smallest absolute Gasteiger partial charge is 0.436 e. The van der Waals surface area contributed by atoms with Gasteiger partial charge in [-0.2, -0.15) is 13.2 Å². The molecule has 2 aliphatic rings. The van der Waals surface area contributed by atoms with E-state index in [-0.39, 0.29) is 24.1 Å². The van der Waals surface area contributed by atoms with E-state index in [1.165, 1.54) is 12.5 Å². The summed E-state index contributed by atoms with van der Waals surface area (Å²) in [7, 11) is 1.81. The molecule has 1 saturated heterocycles. The number of nitrogens with zero attached hydrogens (tertiary/aromatic N) is 7. The number of halogens is 3. The van der Waals surface area contributed by atoms with Crippen molar-refractivity contribution in [1.29, 1.82) is 0 Å². The lowest BCUT2D eigenvalue weighted by Crippen LogP contribution is -2.64. The molecule has 190 valence electrons. The van der Waals surface area contributed by atoms with Gasteiger partial charge >= 0.3 is 6.18 Å². The molecule has 10 nitrogen and oxygen atoms in total. The molecule has 0 saturated carbocycles. The Morgan fingerprint density at radius 2 is 1.92 bits per heavy atom. The molecule has 0 spiro atoms. The SMILES string of the molecule is CN1C(=NC=NCc2ccc(Oc3cnc(C(F)(F)F)nc3)nc2)C2=C(N)CCCN2C(=O)C1(C)C. The number of aliphatic imine (C=N–C) groups is 2. The zero-order chi connectivity index (χ0) is 26.1. The molecule has 0 radical (unpaired) electrons. The van der Waals surface area contributed by atoms with Crippen LogP contribution in [0, 0.1) is 0 Å². The molecule has 2 aromatic rings. The van der Waals surface area contributed by atoms with Crippen LogP contribution in [-0.2, 0) is 17.5 Å². The fraction of sp³-hybridized carbons (Fsp3) is 0.391. The number of pyridine rings is 1. The van der Waals surface area contributed by atoms with Gasteiger partial charge in [-0.1, -0.05) is 6.07 Å². The van der Waals surface area contributed by atoms with E-state index in [4.69, 9.17) is 10.5 Å². The number of ether oxygens (including phenoxy) is 1. The Labute approximate surface area is 205 Å². The van der Waals surface area contributed by atoms with E-state index in [1.807, 2.05) is 18.7 Å². The van der Waals surface area contributed by atoms with Gasteiger partial charge in [0.1, 0.15) is 17.6 Å². The molecule has 2 aliphatic heterocycles. The van der Waals surface area contributed by atoms with Crippen molar-refractivity contribution in [2.45, 2.75) is 44.9 Å². The molecule has 13 heteroatoms. The maximum atomic E-state index is 12.9. The van der Waals surface area contributed by atoms with E-state index in [1.54, 1.807) is 24.1 Å². The van der Waals surface area contributed by atoms with Crippen LogP contribution in [0.25, 0.3) is 0 Å². The van der Waals surface area contributed by atoms with Crippen molar-refractivity contribution in [3.05, 3.63) is 53.5 Å². The summed E-state index contributed by atoms with van der Waals surface area (Å²) >= 11 is 0. The quantitative estimate of drug-likeness (QED) is 0.492. The number of hydrogen-bond donors (Lipinski definition) is 1. The number of rotatable bonds is 5. The Morgan fingerprint density at radius 3 is 2.56 bits per heavy atom. The number of nitrogens with two attached hydrogens (primary N) is 1. The van der Waals surface area contributed by atoms with E-state index in [2.05, 4.69) is 24.9 Å². The minimum absolute atomic E-state index is 0.0187. The van der Waals surface area contributed by atoms with Crippen molar-refractivity contribution in [3.8, 4) is 11.6 Å². The van der Waals surface area contributed by atoms with Crippen molar-refractivity contribution in [2.75, 3.05) is 13.6 Å². The zero-order valence-corrected chi connectivity index (χ0v) is 20.0. The van der Waals surface area contributed by atoms with Crippen LogP contribution in [0.4, 0.5) is 13.2 Å². The first-order valence-electron chi connectivity index (χ1n) is 11.1. The Kier molecular flexibility index (Phi) is 6.65. The zero-order valence-electron chi connectivity index (χ0n) is 20.0. The predicted octanol–water partition coefficient (Wildman–Crippen LogP) is 3.13. The van der Waals surface area contributed by atoms with E-state index in [0.717, 1.165) is 24.4 Å². The van der Waals surface area contributed by atoms with Gasteiger partial charge in [-0.05, 0) is 32.3 Å². The second-order valence-electron chi connectivity index (χ2n) is 8.81. The van der Waals surface area contributed by atoms with E-state index >= 15 is 0 Å². The maximum absolute atomic E-state index is 12.9. The molecule has 2 aromatic heterocycles. The molecule has 36 heavy (non-hydrogen) atoms. The number of carbonyl (C=O) groups excluding carboxylic acids is 1. The summed E-state index contributed by atoms with van der Waals surface area (Å²) in [6.45, 7) is 4.56. The van der Waals surface area contributed by atoms with Crippen LogP contribution in [0.15, 0.2) is 52.1 Å². The van der Waals surface area contributed by atoms with Crippen molar-refractivity contribution in [3.63, 3.8) is 0 Å². The number of amides is 1. The van der Waals surface area contributed by atoms with Gasteiger partial charge in [0.25, 0.3) is 5.91 Å². The molecule has 0 atom stereocenters. The molecule has 1 amide bonds. The number of allylic oxidation sites excluding steroid dienone is 1. The van der Waals surface area contributed by atoms with Gasteiger partial charge in [-0.15, -0.1) is 0 Å². The lowest BCUT2D eigenvalue weighted by molar-refractivity contribution is -0.145. The molecule has 0 aliphatic carbocycles. The van der Waals surface area contributed by atoms with Crippen LogP contribution in [0.1, 0.15) is 38.1 Å². The Hall–Kier alpha value is -4.03. The largest absolute Gasteiger partial charge is 0.451 e. The molecular formula is C23H25F3N8O2. The van der Waals surface area contributed by atoms with E-state index in [0.29, 0.717) is 30.2 Å². The summed E-state index contributed by atoms with van der Waals surface area (Å²) in [5.41, 5.74) is 7.49. The maximum Gasteiger partial charge on any atom is 0.451 e. The minimum atomic E-state index is -4.62. The molecule has 0 aromatic carbocycles. The lowest BCUT2D eigenvalue weighted by atomic mass is 9.93. The monoisotopic (exact) mass is 502 g/mol. The molecule has 2 N–H and O–H groups in total. The van der Waals surface area contributed by atoms with Crippen LogP contribution in [0.3, 0.4) is 0 Å². The highest BCUT2D eigenvalue weighted by atomic mass is 19.4. The molecular weight excluding hydrogens is 477 g/mol. The van der Waals surface area contributed by atoms with Crippen molar-refractivity contribution in [1.82, 2.24) is 24.8 Å². The van der Waals surface area contributed by atoms with Crippen LogP contribution >= 0.6 is 0 Å². The van der Waals surface area contributed by atoms with Crippen LogP contribution in [-0.4, -0.2) is 62.0 Å². The van der Waals surface area contributed by atoms with Crippen LogP contribution in [0.2, 0.25) is 0 Å². The van der Waals surface area contributed by atoms with Crippen LogP contribution < -0.4 is 10.5 Å². The Balaban J connectivity index is 1.42. The highest BCUT2D eigenvalue weighted by molar-refractivity contribution is 6.11. The number of likely N-dealkylation sites (N-methyl/N-ethyl adjacent to an activating group) is 1. The third-order valence-corrected chi connectivity index (χ3v) is 5.98. The third-order valence-electron chi connectivity index (χ3n) is 5.98. The highest BCUT2D eigenvalue weighted by Crippen LogP contribution is 2.33. The van der Waals surface area contributed by atoms with Gasteiger partial charge in [0.2, 0.25) is 11.7 Å². The minimum Gasteiger partial charge on any atom is -0.436 e. The molecule has 0 bridgehead atoms. The lowest BCUT2D eigenvalue weighted by Gasteiger charge is -2.48. The molecule has 4 rings (SSSR count). The Bertz CT molecular complexity index is 1220. The summed E-state index contributed by atoms with van der Waals surface area (Å²) < 4.78 is 43.1. The fourth-order valence-corrected chi connectivity index (χ4v) is 3.79. The summed E-state index contributed by atoms with van der Waals surface area (Å²) in [5.74, 6) is -0.484. The number of carbonyl (C=O) groups is 1. The third kappa shape index (κ3) is 4.99. The number of piperazine rings is 1. The van der Waals surface area contributed by atoms with E-state index < -0.39 is 17.5 Å². The number of hydrogen-bond acceptors (Lipinski definition) is 7. The summed E-state index contributed by atoms with van der Waals surface area (Å²) in [5, 5.41) is 0. The summed E-state index contributed by atoms with van der Waals surface area (Å²) in [6.07, 6.45) is 1.70. The number of fused-ring (bicyclic) bond motifs is 1. The topological polar surface area (TPSA) is 122 Å². The second-order valence-corrected chi connectivity index (χ2v) is 8.81. The van der Waals surface area contributed by atoms with Gasteiger partial charge in [0, 0.05) is 31.6 Å².